The lowest BCUT2D eigenvalue weighted by Gasteiger charge is -2.10. The van der Waals surface area contributed by atoms with Crippen molar-refractivity contribution in [1.29, 1.82) is 0 Å². The molecule has 0 amide bonds. The Balaban J connectivity index is 2.17. The summed E-state index contributed by atoms with van der Waals surface area (Å²) in [4.78, 5) is 9.11. The van der Waals surface area contributed by atoms with Crippen LogP contribution in [0.15, 0.2) is 24.4 Å². The molecule has 3 aromatic rings. The quantitative estimate of drug-likeness (QED) is 0.776. The Bertz CT molecular complexity index is 869. The van der Waals surface area contributed by atoms with Crippen molar-refractivity contribution in [3.8, 4) is 17.1 Å². The van der Waals surface area contributed by atoms with E-state index in [1.807, 2.05) is 25.2 Å². The second-order valence-corrected chi connectivity index (χ2v) is 6.16. The Morgan fingerprint density at radius 2 is 2.12 bits per heavy atom. The molecule has 0 aliphatic carbocycles. The number of hydrogen-bond donors (Lipinski definition) is 1. The van der Waals surface area contributed by atoms with Crippen molar-refractivity contribution >= 4 is 16.7 Å². The normalized spacial score (nSPS) is 11.4. The van der Waals surface area contributed by atoms with Crippen LogP contribution in [-0.2, 0) is 7.05 Å². The minimum absolute atomic E-state index is 0.283. The van der Waals surface area contributed by atoms with Crippen molar-refractivity contribution in [3.63, 3.8) is 0 Å². The molecule has 3 rings (SSSR count). The first kappa shape index (κ1) is 16.2. The van der Waals surface area contributed by atoms with Gasteiger partial charge in [-0.2, -0.15) is 5.10 Å². The fourth-order valence-corrected chi connectivity index (χ4v) is 2.75. The van der Waals surface area contributed by atoms with Gasteiger partial charge < -0.3 is 10.5 Å². The smallest absolute Gasteiger partial charge is 0.222 e. The van der Waals surface area contributed by atoms with Gasteiger partial charge in [0.2, 0.25) is 5.88 Å². The highest BCUT2D eigenvalue weighted by Gasteiger charge is 2.18. The molecule has 6 nitrogen and oxygen atoms in total. The molecule has 0 fully saturated rings. The van der Waals surface area contributed by atoms with E-state index in [-0.39, 0.29) is 5.92 Å². The molecule has 126 valence electrons. The molecule has 0 spiro atoms. The van der Waals surface area contributed by atoms with Crippen LogP contribution in [0.3, 0.4) is 0 Å². The first-order valence-corrected chi connectivity index (χ1v) is 8.24. The van der Waals surface area contributed by atoms with Crippen LogP contribution in [0, 0.1) is 0 Å². The van der Waals surface area contributed by atoms with E-state index in [4.69, 9.17) is 15.5 Å². The second-order valence-electron chi connectivity index (χ2n) is 6.16. The summed E-state index contributed by atoms with van der Waals surface area (Å²) in [5.74, 6) is 0.863. The predicted octanol–water partition coefficient (Wildman–Crippen LogP) is 3.52. The van der Waals surface area contributed by atoms with E-state index in [1.165, 1.54) is 0 Å². The molecule has 24 heavy (non-hydrogen) atoms. The van der Waals surface area contributed by atoms with Crippen LogP contribution in [-0.4, -0.2) is 26.4 Å². The lowest BCUT2D eigenvalue weighted by molar-refractivity contribution is 0.306. The number of nitrogen functional groups attached to an aromatic ring is 1. The lowest BCUT2D eigenvalue weighted by atomic mass is 10.0. The topological polar surface area (TPSA) is 78.9 Å². The number of hydrogen-bond acceptors (Lipinski definition) is 5. The number of aryl methyl sites for hydroxylation is 1. The fraction of sp³-hybridized carbons (Fsp3) is 0.389. The number of fused-ring (bicyclic) bond motifs is 1. The first-order valence-electron chi connectivity index (χ1n) is 8.24. The Kier molecular flexibility index (Phi) is 4.38. The molecule has 0 unspecified atom stereocenters. The number of ether oxygens (including phenoxy) is 1. The maximum atomic E-state index is 6.34. The highest BCUT2D eigenvalue weighted by Crippen LogP contribution is 2.34. The largest absolute Gasteiger partial charge is 0.477 e. The van der Waals surface area contributed by atoms with Gasteiger partial charge in [0.05, 0.1) is 28.9 Å². The SMILES string of the molecule is CCCOc1ncccc1-c1cc(N)c2c(C(C)C)nn(C)c2n1. The number of nitrogens with two attached hydrogens (primary N) is 1. The van der Waals surface area contributed by atoms with Gasteiger partial charge in [0, 0.05) is 18.9 Å². The molecule has 0 aliphatic heterocycles. The molecule has 3 aromatic heterocycles. The molecule has 0 aliphatic rings. The third-order valence-electron chi connectivity index (χ3n) is 3.89. The van der Waals surface area contributed by atoms with Crippen molar-refractivity contribution in [3.05, 3.63) is 30.1 Å². The van der Waals surface area contributed by atoms with Crippen LogP contribution in [0.4, 0.5) is 5.69 Å². The molecular weight excluding hydrogens is 302 g/mol. The summed E-state index contributed by atoms with van der Waals surface area (Å²) in [7, 11) is 1.89. The standard InChI is InChI=1S/C18H23N5O/c1-5-9-24-18-12(7-6-8-20-18)14-10-13(19)15-16(11(2)3)22-23(4)17(15)21-14/h6-8,10-11H,5,9H2,1-4H3,(H2,19,21). The average molecular weight is 325 g/mol. The van der Waals surface area contributed by atoms with Gasteiger partial charge in [-0.15, -0.1) is 0 Å². The third-order valence-corrected chi connectivity index (χ3v) is 3.89. The second kappa shape index (κ2) is 6.47. The van der Waals surface area contributed by atoms with Gasteiger partial charge in [0.1, 0.15) is 0 Å². The van der Waals surface area contributed by atoms with Gasteiger partial charge >= 0.3 is 0 Å². The first-order chi connectivity index (χ1) is 11.5. The van der Waals surface area contributed by atoms with Crippen molar-refractivity contribution in [2.24, 2.45) is 7.05 Å². The van der Waals surface area contributed by atoms with Crippen LogP contribution in [0.1, 0.15) is 38.8 Å². The number of anilines is 1. The van der Waals surface area contributed by atoms with Gasteiger partial charge in [0.15, 0.2) is 5.65 Å². The van der Waals surface area contributed by atoms with E-state index in [0.29, 0.717) is 18.2 Å². The fourth-order valence-electron chi connectivity index (χ4n) is 2.75. The summed E-state index contributed by atoms with van der Waals surface area (Å²) in [6, 6.07) is 5.70. The van der Waals surface area contributed by atoms with Gasteiger partial charge in [0.25, 0.3) is 0 Å². The summed E-state index contributed by atoms with van der Waals surface area (Å²) in [5, 5.41) is 5.51. The minimum Gasteiger partial charge on any atom is -0.477 e. The van der Waals surface area contributed by atoms with E-state index in [9.17, 15) is 0 Å². The van der Waals surface area contributed by atoms with Crippen molar-refractivity contribution in [1.82, 2.24) is 19.7 Å². The monoisotopic (exact) mass is 325 g/mol. The average Bonchev–Trinajstić information content (AvgIpc) is 2.91. The Labute approximate surface area is 141 Å². The molecule has 6 heteroatoms. The maximum Gasteiger partial charge on any atom is 0.222 e. The molecule has 0 aromatic carbocycles. The third kappa shape index (κ3) is 2.79. The maximum absolute atomic E-state index is 6.34. The molecule has 0 radical (unpaired) electrons. The van der Waals surface area contributed by atoms with Crippen LogP contribution >= 0.6 is 0 Å². The molecule has 0 bridgehead atoms. The number of nitrogens with zero attached hydrogens (tertiary/aromatic N) is 4. The molecular formula is C18H23N5O. The minimum atomic E-state index is 0.283. The van der Waals surface area contributed by atoms with Crippen LogP contribution < -0.4 is 10.5 Å². The van der Waals surface area contributed by atoms with E-state index < -0.39 is 0 Å². The van der Waals surface area contributed by atoms with E-state index in [2.05, 4.69) is 30.9 Å². The van der Waals surface area contributed by atoms with Gasteiger partial charge in [-0.3, -0.25) is 4.68 Å². The summed E-state index contributed by atoms with van der Waals surface area (Å²) in [6.07, 6.45) is 2.64. The number of aromatic nitrogens is 4. The Morgan fingerprint density at radius 3 is 2.83 bits per heavy atom. The van der Waals surface area contributed by atoms with E-state index in [0.717, 1.165) is 34.4 Å². The van der Waals surface area contributed by atoms with Gasteiger partial charge in [-0.25, -0.2) is 9.97 Å². The summed E-state index contributed by atoms with van der Waals surface area (Å²) < 4.78 is 7.54. The van der Waals surface area contributed by atoms with E-state index in [1.54, 1.807) is 10.9 Å². The zero-order valence-electron chi connectivity index (χ0n) is 14.6. The highest BCUT2D eigenvalue weighted by molar-refractivity contribution is 5.93. The van der Waals surface area contributed by atoms with Crippen molar-refractivity contribution in [2.45, 2.75) is 33.1 Å². The van der Waals surface area contributed by atoms with Gasteiger partial charge in [-0.05, 0) is 30.5 Å². The summed E-state index contributed by atoms with van der Waals surface area (Å²) >= 11 is 0. The highest BCUT2D eigenvalue weighted by atomic mass is 16.5. The Hall–Kier alpha value is -2.63. The van der Waals surface area contributed by atoms with Crippen LogP contribution in [0.2, 0.25) is 0 Å². The summed E-state index contributed by atoms with van der Waals surface area (Å²) in [5.41, 5.74) is 10.4. The number of rotatable bonds is 5. The molecule has 0 saturated heterocycles. The van der Waals surface area contributed by atoms with Crippen molar-refractivity contribution < 1.29 is 4.74 Å². The molecule has 3 heterocycles. The molecule has 0 saturated carbocycles. The molecule has 2 N–H and O–H groups in total. The van der Waals surface area contributed by atoms with E-state index >= 15 is 0 Å². The lowest BCUT2D eigenvalue weighted by Crippen LogP contribution is -2.01. The predicted molar refractivity (Wildman–Crippen MR) is 96.0 cm³/mol. The van der Waals surface area contributed by atoms with Crippen LogP contribution in [0.5, 0.6) is 5.88 Å². The zero-order chi connectivity index (χ0) is 17.3. The number of pyridine rings is 2. The van der Waals surface area contributed by atoms with Crippen LogP contribution in [0.25, 0.3) is 22.3 Å². The Morgan fingerprint density at radius 1 is 1.33 bits per heavy atom. The van der Waals surface area contributed by atoms with Gasteiger partial charge in [-0.1, -0.05) is 20.8 Å². The summed E-state index contributed by atoms with van der Waals surface area (Å²) in [6.45, 7) is 6.89. The molecule has 0 atom stereocenters. The van der Waals surface area contributed by atoms with Crippen molar-refractivity contribution in [2.75, 3.05) is 12.3 Å². The zero-order valence-corrected chi connectivity index (χ0v) is 14.6.